The number of halogens is 2. The minimum Gasteiger partial charge on any atom is -0.463 e. The van der Waals surface area contributed by atoms with Gasteiger partial charge in [0.05, 0.1) is 18.1 Å². The third kappa shape index (κ3) is 3.53. The molecule has 1 aromatic rings. The number of hydrogen-bond donors (Lipinski definition) is 1. The van der Waals surface area contributed by atoms with Gasteiger partial charge in [0.15, 0.2) is 5.78 Å². The molecule has 0 radical (unpaired) electrons. The monoisotopic (exact) mass is 375 g/mol. The van der Waals surface area contributed by atoms with Gasteiger partial charge in [-0.3, -0.25) is 4.79 Å². The normalized spacial score (nSPS) is 21.7. The van der Waals surface area contributed by atoms with Crippen molar-refractivity contribution in [1.82, 2.24) is 5.32 Å². The number of carbonyl (C=O) groups is 2. The number of Topliss-reactive ketones (excluding diaryl/α,β-unsaturated/α-hetero) is 1. The highest BCUT2D eigenvalue weighted by molar-refractivity contribution is 6.04. The van der Waals surface area contributed by atoms with Gasteiger partial charge in [0.1, 0.15) is 11.6 Å². The lowest BCUT2D eigenvalue weighted by molar-refractivity contribution is -0.138. The lowest BCUT2D eigenvalue weighted by Gasteiger charge is -2.39. The molecule has 1 atom stereocenters. The zero-order valence-corrected chi connectivity index (χ0v) is 15.9. The standard InChI is InChI=1S/C21H23F2NO3/c1-5-27-20(26)17-11(2)24-15-9-21(3,4)10-16(25)19(15)18(17)13-7-6-12(22)8-14(13)23/h6-8,18,24H,5,9-10H2,1-4H3. The number of ketones is 1. The molecule has 1 aliphatic carbocycles. The van der Waals surface area contributed by atoms with Gasteiger partial charge in [0.25, 0.3) is 0 Å². The summed E-state index contributed by atoms with van der Waals surface area (Å²) in [6.07, 6.45) is 0.892. The molecule has 1 aliphatic heterocycles. The van der Waals surface area contributed by atoms with Crippen molar-refractivity contribution in [3.63, 3.8) is 0 Å². The Morgan fingerprint density at radius 2 is 2.00 bits per heavy atom. The molecule has 1 N–H and O–H groups in total. The summed E-state index contributed by atoms with van der Waals surface area (Å²) < 4.78 is 33.3. The van der Waals surface area contributed by atoms with Crippen LogP contribution in [0, 0.1) is 17.0 Å². The van der Waals surface area contributed by atoms with Crippen molar-refractivity contribution < 1.29 is 23.1 Å². The van der Waals surface area contributed by atoms with Crippen LogP contribution in [0.5, 0.6) is 0 Å². The Morgan fingerprint density at radius 3 is 2.63 bits per heavy atom. The number of benzene rings is 1. The van der Waals surface area contributed by atoms with E-state index in [-0.39, 0.29) is 28.9 Å². The first-order valence-corrected chi connectivity index (χ1v) is 9.00. The van der Waals surface area contributed by atoms with Gasteiger partial charge in [0.2, 0.25) is 0 Å². The molecule has 4 nitrogen and oxygen atoms in total. The number of ether oxygens (including phenoxy) is 1. The maximum absolute atomic E-state index is 14.7. The lowest BCUT2D eigenvalue weighted by Crippen LogP contribution is -2.39. The summed E-state index contributed by atoms with van der Waals surface area (Å²) in [4.78, 5) is 25.6. The summed E-state index contributed by atoms with van der Waals surface area (Å²) >= 11 is 0. The van der Waals surface area contributed by atoms with Crippen LogP contribution >= 0.6 is 0 Å². The van der Waals surface area contributed by atoms with E-state index in [1.54, 1.807) is 13.8 Å². The molecule has 0 amide bonds. The molecule has 6 heteroatoms. The van der Waals surface area contributed by atoms with Crippen LogP contribution in [0.3, 0.4) is 0 Å². The van der Waals surface area contributed by atoms with Crippen molar-refractivity contribution in [3.05, 3.63) is 57.9 Å². The van der Waals surface area contributed by atoms with Crippen molar-refractivity contribution in [2.75, 3.05) is 6.61 Å². The van der Waals surface area contributed by atoms with E-state index in [9.17, 15) is 18.4 Å². The molecule has 27 heavy (non-hydrogen) atoms. The van der Waals surface area contributed by atoms with Crippen LogP contribution in [0.4, 0.5) is 8.78 Å². The second-order valence-electron chi connectivity index (χ2n) is 7.82. The summed E-state index contributed by atoms with van der Waals surface area (Å²) in [6.45, 7) is 7.52. The molecule has 2 aliphatic rings. The summed E-state index contributed by atoms with van der Waals surface area (Å²) in [7, 11) is 0. The molecule has 0 spiro atoms. The van der Waals surface area contributed by atoms with Gasteiger partial charge in [0, 0.05) is 35.0 Å². The summed E-state index contributed by atoms with van der Waals surface area (Å²) in [5, 5.41) is 3.17. The summed E-state index contributed by atoms with van der Waals surface area (Å²) in [6, 6.07) is 3.20. The molecule has 144 valence electrons. The molecule has 3 rings (SSSR count). The number of dihydropyridines is 1. The number of esters is 1. The minimum atomic E-state index is -0.913. The van der Waals surface area contributed by atoms with Crippen LogP contribution in [-0.2, 0) is 14.3 Å². The lowest BCUT2D eigenvalue weighted by atomic mass is 9.68. The third-order valence-corrected chi connectivity index (χ3v) is 5.01. The maximum atomic E-state index is 14.7. The number of rotatable bonds is 3. The summed E-state index contributed by atoms with van der Waals surface area (Å²) in [5.41, 5.74) is 1.63. The van der Waals surface area contributed by atoms with Gasteiger partial charge in [-0.15, -0.1) is 0 Å². The van der Waals surface area contributed by atoms with Crippen molar-refractivity contribution >= 4 is 11.8 Å². The topological polar surface area (TPSA) is 55.4 Å². The van der Waals surface area contributed by atoms with E-state index >= 15 is 0 Å². The zero-order chi connectivity index (χ0) is 19.9. The molecule has 1 heterocycles. The molecular formula is C21H23F2NO3. The maximum Gasteiger partial charge on any atom is 0.336 e. The predicted molar refractivity (Wildman–Crippen MR) is 96.6 cm³/mol. The van der Waals surface area contributed by atoms with E-state index < -0.39 is 23.5 Å². The minimum absolute atomic E-state index is 0.0980. The quantitative estimate of drug-likeness (QED) is 0.807. The highest BCUT2D eigenvalue weighted by Gasteiger charge is 2.43. The van der Waals surface area contributed by atoms with Gasteiger partial charge in [-0.1, -0.05) is 19.9 Å². The van der Waals surface area contributed by atoms with E-state index in [1.807, 2.05) is 13.8 Å². The van der Waals surface area contributed by atoms with Gasteiger partial charge in [-0.2, -0.15) is 0 Å². The van der Waals surface area contributed by atoms with Crippen LogP contribution in [-0.4, -0.2) is 18.4 Å². The second-order valence-corrected chi connectivity index (χ2v) is 7.82. The Morgan fingerprint density at radius 1 is 1.30 bits per heavy atom. The molecule has 1 unspecified atom stereocenters. The highest BCUT2D eigenvalue weighted by atomic mass is 19.1. The molecule has 0 fully saturated rings. The predicted octanol–water partition coefficient (Wildman–Crippen LogP) is 4.13. The number of carbonyl (C=O) groups excluding carboxylic acids is 2. The number of hydrogen-bond acceptors (Lipinski definition) is 4. The van der Waals surface area contributed by atoms with Crippen molar-refractivity contribution in [2.24, 2.45) is 5.41 Å². The zero-order valence-electron chi connectivity index (χ0n) is 15.9. The Balaban J connectivity index is 2.22. The van der Waals surface area contributed by atoms with Crippen LogP contribution in [0.2, 0.25) is 0 Å². The smallest absolute Gasteiger partial charge is 0.336 e. The van der Waals surface area contributed by atoms with Crippen LogP contribution in [0.25, 0.3) is 0 Å². The Labute approximate surface area is 157 Å². The number of nitrogens with one attached hydrogen (secondary N) is 1. The fraction of sp³-hybridized carbons (Fsp3) is 0.429. The molecule has 0 saturated carbocycles. The van der Waals surface area contributed by atoms with Gasteiger partial charge in [-0.25, -0.2) is 13.6 Å². The fourth-order valence-electron chi connectivity index (χ4n) is 3.96. The van der Waals surface area contributed by atoms with Crippen molar-refractivity contribution in [3.8, 4) is 0 Å². The Bertz CT molecular complexity index is 883. The van der Waals surface area contributed by atoms with Crippen molar-refractivity contribution in [2.45, 2.75) is 46.5 Å². The van der Waals surface area contributed by atoms with E-state index in [1.165, 1.54) is 6.07 Å². The Kier molecular flexibility index (Phi) is 4.93. The van der Waals surface area contributed by atoms with E-state index in [2.05, 4.69) is 5.32 Å². The fourth-order valence-corrected chi connectivity index (χ4v) is 3.96. The summed E-state index contributed by atoms with van der Waals surface area (Å²) in [5.74, 6) is -3.17. The molecule has 1 aromatic carbocycles. The highest BCUT2D eigenvalue weighted by Crippen LogP contribution is 2.47. The third-order valence-electron chi connectivity index (χ3n) is 5.01. The number of allylic oxidation sites excluding steroid dienone is 3. The molecular weight excluding hydrogens is 352 g/mol. The molecule has 0 saturated heterocycles. The van der Waals surface area contributed by atoms with Crippen molar-refractivity contribution in [1.29, 1.82) is 0 Å². The molecule has 0 bridgehead atoms. The first-order valence-electron chi connectivity index (χ1n) is 9.00. The van der Waals surface area contributed by atoms with Crippen LogP contribution in [0.1, 0.15) is 52.0 Å². The van der Waals surface area contributed by atoms with Gasteiger partial charge < -0.3 is 10.1 Å². The van der Waals surface area contributed by atoms with Crippen LogP contribution in [0.15, 0.2) is 40.7 Å². The first-order chi connectivity index (χ1) is 12.6. The van der Waals surface area contributed by atoms with E-state index in [0.717, 1.165) is 12.1 Å². The van der Waals surface area contributed by atoms with Gasteiger partial charge in [-0.05, 0) is 31.7 Å². The Hall–Kier alpha value is -2.50. The van der Waals surface area contributed by atoms with Gasteiger partial charge >= 0.3 is 5.97 Å². The van der Waals surface area contributed by atoms with Crippen LogP contribution < -0.4 is 5.32 Å². The average molecular weight is 375 g/mol. The van der Waals surface area contributed by atoms with E-state index in [4.69, 9.17) is 4.74 Å². The molecule has 0 aromatic heterocycles. The average Bonchev–Trinajstić information content (AvgIpc) is 2.52. The first kappa shape index (κ1) is 19.3. The van der Waals surface area contributed by atoms with E-state index in [0.29, 0.717) is 29.8 Å². The second kappa shape index (κ2) is 6.91. The largest absolute Gasteiger partial charge is 0.463 e. The SMILES string of the molecule is CCOC(=O)C1=C(C)NC2=C(C(=O)CC(C)(C)C2)C1c1ccc(F)cc1F.